The van der Waals surface area contributed by atoms with E-state index in [4.69, 9.17) is 9.47 Å². The van der Waals surface area contributed by atoms with Gasteiger partial charge in [0.05, 0.1) is 20.3 Å². The summed E-state index contributed by atoms with van der Waals surface area (Å²) in [6, 6.07) is 18.6. The quantitative estimate of drug-likeness (QED) is 0.725. The number of hydrogen-bond acceptors (Lipinski definition) is 4. The Bertz CT molecular complexity index is 1080. The predicted molar refractivity (Wildman–Crippen MR) is 112 cm³/mol. The molecule has 148 valence electrons. The molecular weight excluding hydrogens is 368 g/mol. The van der Waals surface area contributed by atoms with Crippen molar-refractivity contribution in [1.29, 1.82) is 0 Å². The Morgan fingerprint density at radius 3 is 2.48 bits per heavy atom. The number of rotatable bonds is 5. The van der Waals surface area contributed by atoms with E-state index in [2.05, 4.69) is 5.32 Å². The largest absolute Gasteiger partial charge is 0.493 e. The molecule has 1 aliphatic rings. The molecule has 1 saturated heterocycles. The lowest BCUT2D eigenvalue weighted by molar-refractivity contribution is -0.117. The Morgan fingerprint density at radius 2 is 1.72 bits per heavy atom. The van der Waals surface area contributed by atoms with E-state index in [-0.39, 0.29) is 24.3 Å². The highest BCUT2D eigenvalue weighted by Crippen LogP contribution is 2.33. The van der Waals surface area contributed by atoms with Crippen LogP contribution in [-0.4, -0.2) is 38.6 Å². The number of ether oxygens (including phenoxy) is 2. The molecule has 0 saturated carbocycles. The highest BCUT2D eigenvalue weighted by Gasteiger charge is 2.32. The van der Waals surface area contributed by atoms with Gasteiger partial charge >= 0.3 is 0 Å². The number of fused-ring (bicyclic) bond motifs is 1. The highest BCUT2D eigenvalue weighted by molar-refractivity contribution is 6.01. The number of benzene rings is 3. The summed E-state index contributed by atoms with van der Waals surface area (Å²) in [4.78, 5) is 26.9. The maximum Gasteiger partial charge on any atom is 0.251 e. The average molecular weight is 390 g/mol. The van der Waals surface area contributed by atoms with Gasteiger partial charge in [-0.05, 0) is 35.0 Å². The van der Waals surface area contributed by atoms with E-state index in [1.807, 2.05) is 42.5 Å². The van der Waals surface area contributed by atoms with Gasteiger partial charge in [-0.2, -0.15) is 0 Å². The standard InChI is InChI=1S/C23H22N2O4/c1-28-20-10-9-19(13-21(20)29-2)25-14-18(12-22(25)26)24-23(27)17-8-7-15-5-3-4-6-16(15)11-17/h3-11,13,18H,12,14H2,1-2H3,(H,24,27)/t18-/m0/s1. The molecule has 0 aliphatic carbocycles. The number of carbonyl (C=O) groups excluding carboxylic acids is 2. The maximum absolute atomic E-state index is 12.7. The molecule has 0 radical (unpaired) electrons. The van der Waals surface area contributed by atoms with Crippen LogP contribution in [0.3, 0.4) is 0 Å². The molecule has 1 aliphatic heterocycles. The molecule has 4 rings (SSSR count). The first-order valence-corrected chi connectivity index (χ1v) is 9.41. The van der Waals surface area contributed by atoms with Gasteiger partial charge in [-0.1, -0.05) is 30.3 Å². The first-order chi connectivity index (χ1) is 14.1. The molecule has 1 atom stereocenters. The van der Waals surface area contributed by atoms with Gasteiger partial charge < -0.3 is 19.7 Å². The van der Waals surface area contributed by atoms with Crippen LogP contribution in [0.1, 0.15) is 16.8 Å². The molecule has 0 aromatic heterocycles. The van der Waals surface area contributed by atoms with Crippen LogP contribution in [0.5, 0.6) is 11.5 Å². The van der Waals surface area contributed by atoms with E-state index in [1.165, 1.54) is 0 Å². The van der Waals surface area contributed by atoms with Gasteiger partial charge in [0.1, 0.15) is 0 Å². The zero-order chi connectivity index (χ0) is 20.4. The summed E-state index contributed by atoms with van der Waals surface area (Å²) in [5, 5.41) is 5.08. The normalized spacial score (nSPS) is 16.1. The number of hydrogen-bond donors (Lipinski definition) is 1. The summed E-state index contributed by atoms with van der Waals surface area (Å²) in [6.45, 7) is 0.410. The Balaban J connectivity index is 1.48. The molecule has 0 bridgehead atoms. The topological polar surface area (TPSA) is 67.9 Å². The lowest BCUT2D eigenvalue weighted by Crippen LogP contribution is -2.37. The van der Waals surface area contributed by atoms with E-state index >= 15 is 0 Å². The van der Waals surface area contributed by atoms with Gasteiger partial charge in [0.2, 0.25) is 5.91 Å². The lowest BCUT2D eigenvalue weighted by Gasteiger charge is -2.19. The molecule has 3 aromatic carbocycles. The van der Waals surface area contributed by atoms with Crippen molar-refractivity contribution >= 4 is 28.3 Å². The molecular formula is C23H22N2O4. The molecule has 1 N–H and O–H groups in total. The fourth-order valence-electron chi connectivity index (χ4n) is 3.65. The molecule has 3 aromatic rings. The Morgan fingerprint density at radius 1 is 0.966 bits per heavy atom. The van der Waals surface area contributed by atoms with Gasteiger partial charge in [-0.15, -0.1) is 0 Å². The van der Waals surface area contributed by atoms with Crippen molar-refractivity contribution in [2.24, 2.45) is 0 Å². The third kappa shape index (κ3) is 3.74. The number of amides is 2. The van der Waals surface area contributed by atoms with Crippen LogP contribution >= 0.6 is 0 Å². The number of nitrogens with zero attached hydrogens (tertiary/aromatic N) is 1. The summed E-state index contributed by atoms with van der Waals surface area (Å²) in [5.74, 6) is 0.939. The van der Waals surface area contributed by atoms with Gasteiger partial charge in [0.15, 0.2) is 11.5 Å². The highest BCUT2D eigenvalue weighted by atomic mass is 16.5. The second-order valence-corrected chi connectivity index (χ2v) is 6.98. The molecule has 0 spiro atoms. The van der Waals surface area contributed by atoms with Crippen LogP contribution in [0.2, 0.25) is 0 Å². The van der Waals surface area contributed by atoms with Gasteiger partial charge in [0, 0.05) is 30.3 Å². The second kappa shape index (κ2) is 7.83. The molecule has 6 heteroatoms. The Kier molecular flexibility index (Phi) is 5.08. The number of anilines is 1. The van der Waals surface area contributed by atoms with Gasteiger partial charge in [-0.3, -0.25) is 9.59 Å². The average Bonchev–Trinajstić information content (AvgIpc) is 3.12. The van der Waals surface area contributed by atoms with Crippen LogP contribution in [0, 0.1) is 0 Å². The number of methoxy groups -OCH3 is 2. The minimum absolute atomic E-state index is 0.0407. The molecule has 6 nitrogen and oxygen atoms in total. The third-order valence-corrected chi connectivity index (χ3v) is 5.15. The van der Waals surface area contributed by atoms with E-state index < -0.39 is 0 Å². The van der Waals surface area contributed by atoms with Crippen LogP contribution in [0.4, 0.5) is 5.69 Å². The van der Waals surface area contributed by atoms with E-state index in [0.29, 0.717) is 23.6 Å². The van der Waals surface area contributed by atoms with E-state index in [9.17, 15) is 9.59 Å². The van der Waals surface area contributed by atoms with Crippen molar-refractivity contribution in [3.8, 4) is 11.5 Å². The molecule has 1 fully saturated rings. The minimum Gasteiger partial charge on any atom is -0.493 e. The minimum atomic E-state index is -0.255. The van der Waals surface area contributed by atoms with E-state index in [1.54, 1.807) is 37.3 Å². The third-order valence-electron chi connectivity index (χ3n) is 5.15. The zero-order valence-electron chi connectivity index (χ0n) is 16.3. The zero-order valence-corrected chi connectivity index (χ0v) is 16.3. The van der Waals surface area contributed by atoms with Crippen molar-refractivity contribution < 1.29 is 19.1 Å². The van der Waals surface area contributed by atoms with Crippen molar-refractivity contribution in [1.82, 2.24) is 5.32 Å². The summed E-state index contributed by atoms with van der Waals surface area (Å²) >= 11 is 0. The van der Waals surface area contributed by atoms with Gasteiger partial charge in [0.25, 0.3) is 5.91 Å². The fraction of sp³-hybridized carbons (Fsp3) is 0.217. The summed E-state index contributed by atoms with van der Waals surface area (Å²) in [5.41, 5.74) is 1.30. The summed E-state index contributed by atoms with van der Waals surface area (Å²) in [6.07, 6.45) is 0.258. The lowest BCUT2D eigenvalue weighted by atomic mass is 10.1. The number of carbonyl (C=O) groups is 2. The smallest absolute Gasteiger partial charge is 0.251 e. The van der Waals surface area contributed by atoms with Crippen molar-refractivity contribution in [2.45, 2.75) is 12.5 Å². The van der Waals surface area contributed by atoms with Crippen molar-refractivity contribution in [3.05, 3.63) is 66.2 Å². The Hall–Kier alpha value is -3.54. The maximum atomic E-state index is 12.7. The van der Waals surface area contributed by atoms with Gasteiger partial charge in [-0.25, -0.2) is 0 Å². The second-order valence-electron chi connectivity index (χ2n) is 6.98. The van der Waals surface area contributed by atoms with Crippen molar-refractivity contribution in [2.75, 3.05) is 25.7 Å². The van der Waals surface area contributed by atoms with E-state index in [0.717, 1.165) is 16.5 Å². The first-order valence-electron chi connectivity index (χ1n) is 9.41. The molecule has 0 unspecified atom stereocenters. The first kappa shape index (κ1) is 18.8. The summed E-state index contributed by atoms with van der Waals surface area (Å²) < 4.78 is 10.6. The molecule has 1 heterocycles. The Labute approximate surface area is 169 Å². The molecule has 29 heavy (non-hydrogen) atoms. The predicted octanol–water partition coefficient (Wildman–Crippen LogP) is 3.39. The summed E-state index contributed by atoms with van der Waals surface area (Å²) in [7, 11) is 3.12. The van der Waals surface area contributed by atoms with Crippen LogP contribution in [0.25, 0.3) is 10.8 Å². The monoisotopic (exact) mass is 390 g/mol. The number of nitrogens with one attached hydrogen (secondary N) is 1. The molecule has 2 amide bonds. The van der Waals surface area contributed by atoms with Crippen molar-refractivity contribution in [3.63, 3.8) is 0 Å². The SMILES string of the molecule is COc1ccc(N2C[C@@H](NC(=O)c3ccc4ccccc4c3)CC2=O)cc1OC. The van der Waals surface area contributed by atoms with Crippen LogP contribution in [-0.2, 0) is 4.79 Å². The fourth-order valence-corrected chi connectivity index (χ4v) is 3.65. The van der Waals surface area contributed by atoms with Crippen LogP contribution < -0.4 is 19.7 Å². The van der Waals surface area contributed by atoms with Crippen LogP contribution in [0.15, 0.2) is 60.7 Å².